The van der Waals surface area contributed by atoms with Gasteiger partial charge in [-0.3, -0.25) is 4.68 Å². The fourth-order valence-electron chi connectivity index (χ4n) is 5.10. The molecular formula is C28H31F5N6O2. The molecule has 0 saturated heterocycles. The van der Waals surface area contributed by atoms with E-state index < -0.39 is 52.9 Å². The Bertz CT molecular complexity index is 1530. The van der Waals surface area contributed by atoms with Crippen molar-refractivity contribution in [3.8, 4) is 11.4 Å². The van der Waals surface area contributed by atoms with Gasteiger partial charge < -0.3 is 4.74 Å². The first-order valence-electron chi connectivity index (χ1n) is 12.9. The van der Waals surface area contributed by atoms with E-state index in [1.165, 1.54) is 69.3 Å². The molecule has 4 rings (SSSR count). The number of hydrogen-bond acceptors (Lipinski definition) is 5. The van der Waals surface area contributed by atoms with Gasteiger partial charge in [-0.1, -0.05) is 26.8 Å². The number of alkyl halides is 3. The maximum atomic E-state index is 15.5. The van der Waals surface area contributed by atoms with E-state index in [1.807, 2.05) is 20.8 Å². The second-order valence-electron chi connectivity index (χ2n) is 11.0. The van der Waals surface area contributed by atoms with Gasteiger partial charge in [0, 0.05) is 11.5 Å². The highest BCUT2D eigenvalue weighted by atomic mass is 19.3. The van der Waals surface area contributed by atoms with Gasteiger partial charge in [0.15, 0.2) is 12.8 Å². The van der Waals surface area contributed by atoms with E-state index in [9.17, 15) is 22.4 Å². The monoisotopic (exact) mass is 578 g/mol. The van der Waals surface area contributed by atoms with Crippen LogP contribution in [0, 0.1) is 17.0 Å². The van der Waals surface area contributed by atoms with Gasteiger partial charge in [0.2, 0.25) is 0 Å². The molecule has 0 spiro atoms. The summed E-state index contributed by atoms with van der Waals surface area (Å²) in [4.78, 5) is 17.7. The fraction of sp³-hybridized carbons (Fsp3) is 0.429. The second kappa shape index (κ2) is 11.1. The quantitative estimate of drug-likeness (QED) is 0.232. The minimum absolute atomic E-state index is 0.0641. The third kappa shape index (κ3) is 5.75. The summed E-state index contributed by atoms with van der Waals surface area (Å²) < 4.78 is 78.7. The second-order valence-corrected chi connectivity index (χ2v) is 11.0. The predicted octanol–water partition coefficient (Wildman–Crippen LogP) is 5.52. The average Bonchev–Trinajstić information content (AvgIpc) is 3.55. The van der Waals surface area contributed by atoms with Crippen LogP contribution in [0.4, 0.5) is 22.0 Å². The maximum absolute atomic E-state index is 15.5. The van der Waals surface area contributed by atoms with Gasteiger partial charge in [-0.25, -0.2) is 32.2 Å². The molecule has 4 aromatic rings. The summed E-state index contributed by atoms with van der Waals surface area (Å²) in [6.45, 7) is 7.09. The summed E-state index contributed by atoms with van der Waals surface area (Å²) in [5.41, 5.74) is -1.93. The van der Waals surface area contributed by atoms with Crippen LogP contribution in [0.1, 0.15) is 46.2 Å². The number of nitrogens with zero attached hydrogens (tertiary/aromatic N) is 6. The van der Waals surface area contributed by atoms with Gasteiger partial charge in [0.1, 0.15) is 36.4 Å². The van der Waals surface area contributed by atoms with Crippen molar-refractivity contribution in [3.63, 3.8) is 0 Å². The van der Waals surface area contributed by atoms with Crippen LogP contribution in [0.3, 0.4) is 0 Å². The molecule has 2 heterocycles. The lowest BCUT2D eigenvalue weighted by Gasteiger charge is -2.49. The molecule has 41 heavy (non-hydrogen) atoms. The normalized spacial score (nSPS) is 15.4. The number of aromatic nitrogens is 6. The predicted molar refractivity (Wildman–Crippen MR) is 141 cm³/mol. The van der Waals surface area contributed by atoms with Crippen LogP contribution in [0.5, 0.6) is 5.75 Å². The molecule has 0 saturated carbocycles. The summed E-state index contributed by atoms with van der Waals surface area (Å²) in [6, 6.07) is 8.25. The Kier molecular flexibility index (Phi) is 8.10. The molecule has 0 radical (unpaired) electrons. The molecule has 0 N–H and O–H groups in total. The zero-order valence-electron chi connectivity index (χ0n) is 23.2. The fourth-order valence-corrected chi connectivity index (χ4v) is 5.10. The van der Waals surface area contributed by atoms with Crippen molar-refractivity contribution in [2.45, 2.75) is 64.7 Å². The highest BCUT2D eigenvalue weighted by Gasteiger charge is 2.51. The lowest BCUT2D eigenvalue weighted by Crippen LogP contribution is -2.52. The Labute approximate surface area is 233 Å². The van der Waals surface area contributed by atoms with E-state index in [-0.39, 0.29) is 17.9 Å². The maximum Gasteiger partial charge on any atom is 0.350 e. The van der Waals surface area contributed by atoms with Crippen molar-refractivity contribution >= 4 is 0 Å². The van der Waals surface area contributed by atoms with E-state index in [0.717, 1.165) is 13.0 Å². The van der Waals surface area contributed by atoms with Crippen LogP contribution in [0.15, 0.2) is 66.2 Å². The first kappa shape index (κ1) is 29.9. The molecule has 220 valence electrons. The van der Waals surface area contributed by atoms with Crippen molar-refractivity contribution in [2.24, 2.45) is 5.41 Å². The first-order valence-corrected chi connectivity index (χ1v) is 12.9. The Morgan fingerprint density at radius 2 is 1.66 bits per heavy atom. The van der Waals surface area contributed by atoms with Crippen LogP contribution in [0.25, 0.3) is 5.69 Å². The Hall–Kier alpha value is -4.03. The third-order valence-corrected chi connectivity index (χ3v) is 7.53. The van der Waals surface area contributed by atoms with Gasteiger partial charge in [-0.15, -0.1) is 0 Å². The topological polar surface area (TPSA) is 79.8 Å². The molecule has 3 unspecified atom stereocenters. The minimum atomic E-state index is -3.65. The van der Waals surface area contributed by atoms with Crippen LogP contribution in [0.2, 0.25) is 0 Å². The molecule has 2 aromatic carbocycles. The lowest BCUT2D eigenvalue weighted by atomic mass is 9.58. The van der Waals surface area contributed by atoms with E-state index >= 15 is 4.39 Å². The van der Waals surface area contributed by atoms with E-state index in [0.29, 0.717) is 5.69 Å². The number of rotatable bonds is 10. The van der Waals surface area contributed by atoms with E-state index in [4.69, 9.17) is 4.74 Å². The molecule has 2 aromatic heterocycles. The molecular weight excluding hydrogens is 547 g/mol. The van der Waals surface area contributed by atoms with E-state index in [2.05, 4.69) is 15.2 Å². The number of ether oxygens (including phenoxy) is 1. The van der Waals surface area contributed by atoms with Gasteiger partial charge in [-0.05, 0) is 55.2 Å². The van der Waals surface area contributed by atoms with Crippen LogP contribution < -0.4 is 10.4 Å². The van der Waals surface area contributed by atoms with Gasteiger partial charge in [0.05, 0.1) is 18.3 Å². The molecule has 0 aliphatic heterocycles. The molecule has 0 aliphatic rings. The van der Waals surface area contributed by atoms with E-state index in [1.54, 1.807) is 6.92 Å². The SMILES string of the molecule is CC(F)C(F)(F)COc1ccc(-n2cnn(C(C)C(Cn3cncn3)(c3ccc(F)cc3F)C(C)(C)C)c2=O)cc1. The summed E-state index contributed by atoms with van der Waals surface area (Å²) >= 11 is 0. The zero-order chi connectivity index (χ0) is 30.2. The number of hydrogen-bond donors (Lipinski definition) is 0. The van der Waals surface area contributed by atoms with Crippen LogP contribution in [-0.4, -0.2) is 47.8 Å². The molecule has 0 aliphatic carbocycles. The summed E-state index contributed by atoms with van der Waals surface area (Å²) in [5, 5.41) is 8.54. The number of halogens is 5. The first-order chi connectivity index (χ1) is 19.2. The van der Waals surface area contributed by atoms with Crippen molar-refractivity contribution in [3.05, 3.63) is 89.1 Å². The number of benzene rings is 2. The highest BCUT2D eigenvalue weighted by Crippen LogP contribution is 2.50. The third-order valence-electron chi connectivity index (χ3n) is 7.53. The standard InChI is InChI=1S/C28H31F5N6O2/c1-18(29)28(32,33)14-41-22-9-7-21(8-10-22)38-17-36-39(25(38)40)19(2)27(26(3,4)5,13-37-16-34-15-35-37)23-11-6-20(30)12-24(23)31/h6-12,15-19H,13-14H2,1-5H3. The van der Waals surface area contributed by atoms with Gasteiger partial charge in [0.25, 0.3) is 0 Å². The van der Waals surface area contributed by atoms with Crippen molar-refractivity contribution in [1.82, 2.24) is 29.1 Å². The lowest BCUT2D eigenvalue weighted by molar-refractivity contribution is -0.0941. The molecule has 13 heteroatoms. The smallest absolute Gasteiger partial charge is 0.350 e. The van der Waals surface area contributed by atoms with Crippen LogP contribution >= 0.6 is 0 Å². The summed E-state index contributed by atoms with van der Waals surface area (Å²) in [7, 11) is 0. The molecule has 3 atom stereocenters. The molecule has 0 bridgehead atoms. The van der Waals surface area contributed by atoms with Crippen LogP contribution in [-0.2, 0) is 12.0 Å². The average molecular weight is 579 g/mol. The van der Waals surface area contributed by atoms with Crippen molar-refractivity contribution in [1.29, 1.82) is 0 Å². The molecule has 0 amide bonds. The van der Waals surface area contributed by atoms with Crippen molar-refractivity contribution in [2.75, 3.05) is 6.61 Å². The van der Waals surface area contributed by atoms with Crippen molar-refractivity contribution < 1.29 is 26.7 Å². The minimum Gasteiger partial charge on any atom is -0.487 e. The Morgan fingerprint density at radius 1 is 0.976 bits per heavy atom. The molecule has 0 fully saturated rings. The zero-order valence-corrected chi connectivity index (χ0v) is 23.2. The summed E-state index contributed by atoms with van der Waals surface area (Å²) in [5.74, 6) is -5.10. The largest absolute Gasteiger partial charge is 0.487 e. The molecule has 8 nitrogen and oxygen atoms in total. The highest BCUT2D eigenvalue weighted by molar-refractivity contribution is 5.37. The summed E-state index contributed by atoms with van der Waals surface area (Å²) in [6.07, 6.45) is 1.73. The van der Waals surface area contributed by atoms with Gasteiger partial charge in [-0.2, -0.15) is 19.0 Å². The van der Waals surface area contributed by atoms with Gasteiger partial charge >= 0.3 is 11.6 Å². The Balaban J connectivity index is 1.74. The Morgan fingerprint density at radius 3 is 2.22 bits per heavy atom.